The topological polar surface area (TPSA) is 32.3 Å². The van der Waals surface area contributed by atoms with Crippen LogP contribution in [0.1, 0.15) is 38.5 Å². The van der Waals surface area contributed by atoms with Gasteiger partial charge in [-0.2, -0.15) is 0 Å². The van der Waals surface area contributed by atoms with E-state index in [9.17, 15) is 4.79 Å². The maximum atomic E-state index is 11.8. The summed E-state index contributed by atoms with van der Waals surface area (Å²) in [6.07, 6.45) is 6.72. The van der Waals surface area contributed by atoms with E-state index in [-0.39, 0.29) is 0 Å². The van der Waals surface area contributed by atoms with Crippen molar-refractivity contribution in [3.63, 3.8) is 0 Å². The van der Waals surface area contributed by atoms with Crippen LogP contribution in [0.15, 0.2) is 12.2 Å². The zero-order valence-corrected chi connectivity index (χ0v) is 10.0. The highest BCUT2D eigenvalue weighted by Gasteiger charge is 2.21. The molecule has 1 amide bonds. The monoisotopic (exact) mass is 222 g/mol. The summed E-state index contributed by atoms with van der Waals surface area (Å²) in [6, 6.07) is 0.719. The first-order valence-electron chi connectivity index (χ1n) is 6.43. The van der Waals surface area contributed by atoms with Gasteiger partial charge in [-0.1, -0.05) is 13.0 Å². The second-order valence-electron chi connectivity index (χ2n) is 5.03. The summed E-state index contributed by atoms with van der Waals surface area (Å²) in [6.45, 7) is 6.59. The zero-order valence-electron chi connectivity index (χ0n) is 10.0. The molecule has 0 aromatic rings. The van der Waals surface area contributed by atoms with Gasteiger partial charge in [0.05, 0.1) is 0 Å². The van der Waals surface area contributed by atoms with Crippen LogP contribution in [0.4, 0.5) is 0 Å². The fraction of sp³-hybridized carbons (Fsp3) is 0.769. The van der Waals surface area contributed by atoms with Gasteiger partial charge in [0.25, 0.3) is 0 Å². The molecular weight excluding hydrogens is 200 g/mol. The van der Waals surface area contributed by atoms with E-state index in [2.05, 4.69) is 11.9 Å². The maximum absolute atomic E-state index is 11.8. The summed E-state index contributed by atoms with van der Waals surface area (Å²) in [5.41, 5.74) is 1.14. The van der Waals surface area contributed by atoms with E-state index < -0.39 is 0 Å². The molecule has 0 aromatic carbocycles. The first kappa shape index (κ1) is 11.6. The fourth-order valence-corrected chi connectivity index (χ4v) is 2.11. The van der Waals surface area contributed by atoms with E-state index in [4.69, 9.17) is 0 Å². The highest BCUT2D eigenvalue weighted by atomic mass is 16.2. The molecule has 1 aliphatic heterocycles. The van der Waals surface area contributed by atoms with E-state index in [0.29, 0.717) is 5.91 Å². The minimum atomic E-state index is 0.310. The molecule has 1 saturated heterocycles. The lowest BCUT2D eigenvalue weighted by Crippen LogP contribution is -2.34. The van der Waals surface area contributed by atoms with Crippen molar-refractivity contribution >= 4 is 5.91 Å². The highest BCUT2D eigenvalue weighted by Crippen LogP contribution is 2.19. The largest absolute Gasteiger partial charge is 0.339 e. The number of nitrogens with zero attached hydrogens (tertiary/aromatic N) is 1. The standard InChI is InChI=1S/C13H22N2O/c1-11(9-14-12-6-7-12)10-15-8-4-2-3-5-13(15)16/h12,14H,1-10H2. The van der Waals surface area contributed by atoms with Gasteiger partial charge >= 0.3 is 0 Å². The van der Waals surface area contributed by atoms with Crippen molar-refractivity contribution in [1.82, 2.24) is 10.2 Å². The molecule has 1 N–H and O–H groups in total. The van der Waals surface area contributed by atoms with Crippen molar-refractivity contribution in [1.29, 1.82) is 0 Å². The Labute approximate surface area is 97.9 Å². The Morgan fingerprint density at radius 2 is 2.19 bits per heavy atom. The van der Waals surface area contributed by atoms with E-state index in [1.54, 1.807) is 0 Å². The Bertz CT molecular complexity index is 271. The van der Waals surface area contributed by atoms with Gasteiger partial charge in [0, 0.05) is 32.1 Å². The first-order chi connectivity index (χ1) is 7.75. The van der Waals surface area contributed by atoms with Crippen molar-refractivity contribution in [3.05, 3.63) is 12.2 Å². The molecule has 0 unspecified atom stereocenters. The van der Waals surface area contributed by atoms with Crippen LogP contribution in [0.3, 0.4) is 0 Å². The van der Waals surface area contributed by atoms with E-state index in [0.717, 1.165) is 50.5 Å². The van der Waals surface area contributed by atoms with Gasteiger partial charge in [-0.15, -0.1) is 0 Å². The van der Waals surface area contributed by atoms with Crippen LogP contribution in [0, 0.1) is 0 Å². The van der Waals surface area contributed by atoms with Crippen molar-refractivity contribution < 1.29 is 4.79 Å². The SMILES string of the molecule is C=C(CNC1CC1)CN1CCCCCC1=O. The lowest BCUT2D eigenvalue weighted by molar-refractivity contribution is -0.130. The highest BCUT2D eigenvalue weighted by molar-refractivity contribution is 5.76. The second kappa shape index (κ2) is 5.48. The Morgan fingerprint density at radius 1 is 1.38 bits per heavy atom. The van der Waals surface area contributed by atoms with Gasteiger partial charge in [-0.25, -0.2) is 0 Å². The average Bonchev–Trinajstić information content (AvgIpc) is 3.07. The van der Waals surface area contributed by atoms with Crippen LogP contribution in [0.25, 0.3) is 0 Å². The van der Waals surface area contributed by atoms with Gasteiger partial charge < -0.3 is 10.2 Å². The molecule has 0 aromatic heterocycles. The minimum Gasteiger partial charge on any atom is -0.339 e. The molecule has 3 nitrogen and oxygen atoms in total. The van der Waals surface area contributed by atoms with Crippen LogP contribution in [0.2, 0.25) is 0 Å². The Hall–Kier alpha value is -0.830. The Balaban J connectivity index is 1.72. The van der Waals surface area contributed by atoms with E-state index >= 15 is 0 Å². The molecular formula is C13H22N2O. The maximum Gasteiger partial charge on any atom is 0.222 e. The molecule has 1 heterocycles. The number of nitrogens with one attached hydrogen (secondary N) is 1. The molecule has 2 rings (SSSR count). The van der Waals surface area contributed by atoms with Gasteiger partial charge in [0.15, 0.2) is 0 Å². The van der Waals surface area contributed by atoms with Gasteiger partial charge in [0.2, 0.25) is 5.91 Å². The molecule has 0 atom stereocenters. The molecule has 1 aliphatic carbocycles. The predicted octanol–water partition coefficient (Wildman–Crippen LogP) is 1.70. The number of carbonyl (C=O) groups is 1. The number of amides is 1. The minimum absolute atomic E-state index is 0.310. The summed E-state index contributed by atoms with van der Waals surface area (Å²) in [7, 11) is 0. The summed E-state index contributed by atoms with van der Waals surface area (Å²) in [5.74, 6) is 0.310. The van der Waals surface area contributed by atoms with Crippen molar-refractivity contribution in [2.45, 2.75) is 44.6 Å². The van der Waals surface area contributed by atoms with Crippen LogP contribution < -0.4 is 5.32 Å². The fourth-order valence-electron chi connectivity index (χ4n) is 2.11. The number of rotatable bonds is 5. The first-order valence-corrected chi connectivity index (χ1v) is 6.43. The molecule has 0 radical (unpaired) electrons. The molecule has 3 heteroatoms. The van der Waals surface area contributed by atoms with Crippen LogP contribution in [-0.2, 0) is 4.79 Å². The molecule has 1 saturated carbocycles. The van der Waals surface area contributed by atoms with Crippen LogP contribution in [-0.4, -0.2) is 36.5 Å². The normalized spacial score (nSPS) is 22.0. The zero-order chi connectivity index (χ0) is 11.4. The van der Waals surface area contributed by atoms with Gasteiger partial charge in [-0.3, -0.25) is 4.79 Å². The number of hydrogen-bond acceptors (Lipinski definition) is 2. The van der Waals surface area contributed by atoms with Gasteiger partial charge in [0.1, 0.15) is 0 Å². The summed E-state index contributed by atoms with van der Waals surface area (Å²) in [4.78, 5) is 13.7. The van der Waals surface area contributed by atoms with Crippen molar-refractivity contribution in [2.75, 3.05) is 19.6 Å². The Morgan fingerprint density at radius 3 is 2.94 bits per heavy atom. The lowest BCUT2D eigenvalue weighted by Gasteiger charge is -2.21. The number of carbonyl (C=O) groups excluding carboxylic acids is 1. The van der Waals surface area contributed by atoms with Crippen LogP contribution >= 0.6 is 0 Å². The second-order valence-corrected chi connectivity index (χ2v) is 5.03. The third-order valence-corrected chi connectivity index (χ3v) is 3.30. The lowest BCUT2D eigenvalue weighted by atomic mass is 10.2. The molecule has 2 aliphatic rings. The van der Waals surface area contributed by atoms with Gasteiger partial charge in [-0.05, 0) is 31.3 Å². The average molecular weight is 222 g/mol. The van der Waals surface area contributed by atoms with E-state index in [1.807, 2.05) is 4.90 Å². The molecule has 2 fully saturated rings. The number of likely N-dealkylation sites (tertiary alicyclic amines) is 1. The molecule has 0 spiro atoms. The van der Waals surface area contributed by atoms with Crippen LogP contribution in [0.5, 0.6) is 0 Å². The van der Waals surface area contributed by atoms with Crippen molar-refractivity contribution in [3.8, 4) is 0 Å². The Kier molecular flexibility index (Phi) is 3.99. The van der Waals surface area contributed by atoms with Crippen molar-refractivity contribution in [2.24, 2.45) is 0 Å². The molecule has 0 bridgehead atoms. The summed E-state index contributed by atoms with van der Waals surface area (Å²) in [5, 5.41) is 3.44. The predicted molar refractivity (Wildman–Crippen MR) is 65.2 cm³/mol. The summed E-state index contributed by atoms with van der Waals surface area (Å²) >= 11 is 0. The smallest absolute Gasteiger partial charge is 0.222 e. The summed E-state index contributed by atoms with van der Waals surface area (Å²) < 4.78 is 0. The third-order valence-electron chi connectivity index (χ3n) is 3.30. The third kappa shape index (κ3) is 3.63. The quantitative estimate of drug-likeness (QED) is 0.718. The molecule has 16 heavy (non-hydrogen) atoms. The molecule has 90 valence electrons. The number of hydrogen-bond donors (Lipinski definition) is 1. The van der Waals surface area contributed by atoms with E-state index in [1.165, 1.54) is 19.3 Å².